The Labute approximate surface area is 266 Å². The van der Waals surface area contributed by atoms with Crippen molar-refractivity contribution in [3.05, 3.63) is 129 Å². The van der Waals surface area contributed by atoms with Gasteiger partial charge in [0.25, 0.3) is 0 Å². The van der Waals surface area contributed by atoms with Crippen molar-refractivity contribution in [1.29, 1.82) is 0 Å². The van der Waals surface area contributed by atoms with Gasteiger partial charge in [-0.15, -0.1) is 5.10 Å². The molecule has 0 amide bonds. The predicted molar refractivity (Wildman–Crippen MR) is 172 cm³/mol. The standard InChI is InChI=1S/C35H24BrClN4O3/c36-23-7-4-20(5-8-23)34-28-15-22-14-26(10-6-21(22)16-33(28)44-32-3-1-2-31(42)35(32)34)43-19-25-18-41(40-39-25)30-12-13-38-29-17-24(37)9-11-27(29)30/h4-18,34H,1-3,19H2. The summed E-state index contributed by atoms with van der Waals surface area (Å²) in [7, 11) is 0. The molecule has 6 aromatic rings. The summed E-state index contributed by atoms with van der Waals surface area (Å²) in [5.41, 5.74) is 5.17. The van der Waals surface area contributed by atoms with Gasteiger partial charge in [0.2, 0.25) is 0 Å². The lowest BCUT2D eigenvalue weighted by atomic mass is 9.76. The molecule has 0 radical (unpaired) electrons. The molecule has 2 aliphatic rings. The summed E-state index contributed by atoms with van der Waals surface area (Å²) >= 11 is 9.70. The summed E-state index contributed by atoms with van der Waals surface area (Å²) in [6.07, 6.45) is 5.72. The van der Waals surface area contributed by atoms with Crippen LogP contribution in [0.3, 0.4) is 0 Å². The van der Waals surface area contributed by atoms with Crippen molar-refractivity contribution in [2.75, 3.05) is 0 Å². The largest absolute Gasteiger partial charge is 0.487 e. The van der Waals surface area contributed by atoms with Gasteiger partial charge in [-0.3, -0.25) is 9.78 Å². The lowest BCUT2D eigenvalue weighted by Gasteiger charge is -2.33. The van der Waals surface area contributed by atoms with E-state index in [4.69, 9.17) is 21.1 Å². The fraction of sp³-hybridized carbons (Fsp3) is 0.143. The number of aromatic nitrogens is 4. The molecule has 0 spiro atoms. The van der Waals surface area contributed by atoms with Gasteiger partial charge >= 0.3 is 0 Å². The first-order valence-electron chi connectivity index (χ1n) is 14.4. The molecule has 0 saturated carbocycles. The van der Waals surface area contributed by atoms with E-state index in [-0.39, 0.29) is 18.3 Å². The van der Waals surface area contributed by atoms with E-state index >= 15 is 0 Å². The Morgan fingerprint density at radius 1 is 0.977 bits per heavy atom. The number of carbonyl (C=O) groups excluding carboxylic acids is 1. The third-order valence-electron chi connectivity index (χ3n) is 8.24. The molecule has 1 aliphatic carbocycles. The molecule has 1 atom stereocenters. The number of halogens is 2. The van der Waals surface area contributed by atoms with Gasteiger partial charge in [-0.1, -0.05) is 50.9 Å². The fourth-order valence-corrected chi connectivity index (χ4v) is 6.60. The number of pyridine rings is 1. The normalized spacial score (nSPS) is 16.1. The van der Waals surface area contributed by atoms with E-state index in [0.717, 1.165) is 72.9 Å². The molecular weight excluding hydrogens is 640 g/mol. The molecule has 0 saturated heterocycles. The van der Waals surface area contributed by atoms with Crippen molar-refractivity contribution in [1.82, 2.24) is 20.0 Å². The third kappa shape index (κ3) is 4.84. The molecule has 7 nitrogen and oxygen atoms in total. The highest BCUT2D eigenvalue weighted by Gasteiger charge is 2.36. The lowest BCUT2D eigenvalue weighted by Crippen LogP contribution is -2.25. The molecule has 9 heteroatoms. The minimum absolute atomic E-state index is 0.165. The van der Waals surface area contributed by atoms with E-state index in [2.05, 4.69) is 55.5 Å². The highest BCUT2D eigenvalue weighted by molar-refractivity contribution is 9.10. The van der Waals surface area contributed by atoms with Crippen molar-refractivity contribution >= 4 is 55.0 Å². The highest BCUT2D eigenvalue weighted by atomic mass is 79.9. The Balaban J connectivity index is 1.09. The van der Waals surface area contributed by atoms with Crippen LogP contribution in [0.5, 0.6) is 11.5 Å². The van der Waals surface area contributed by atoms with Crippen LogP contribution in [0.2, 0.25) is 5.02 Å². The van der Waals surface area contributed by atoms with E-state index in [9.17, 15) is 4.79 Å². The molecule has 0 N–H and O–H groups in total. The van der Waals surface area contributed by atoms with Crippen LogP contribution in [0, 0.1) is 0 Å². The van der Waals surface area contributed by atoms with Gasteiger partial charge < -0.3 is 9.47 Å². The molecular formula is C35H24BrClN4O3. The number of ether oxygens (including phenoxy) is 2. The summed E-state index contributed by atoms with van der Waals surface area (Å²) < 4.78 is 15.3. The molecule has 216 valence electrons. The SMILES string of the molecule is O=C1CCCC2=C1C(c1ccc(Br)cc1)c1cc3cc(OCc4cn(-c5ccnc6cc(Cl)ccc56)nn4)ccc3cc1O2. The minimum atomic E-state index is -0.182. The molecule has 44 heavy (non-hydrogen) atoms. The van der Waals surface area contributed by atoms with E-state index in [1.807, 2.05) is 60.8 Å². The Bertz CT molecular complexity index is 2140. The van der Waals surface area contributed by atoms with Crippen LogP contribution in [0.4, 0.5) is 0 Å². The van der Waals surface area contributed by atoms with Gasteiger partial charge in [0.05, 0.1) is 17.4 Å². The summed E-state index contributed by atoms with van der Waals surface area (Å²) in [6.45, 7) is 0.251. The van der Waals surface area contributed by atoms with Crippen LogP contribution in [0.15, 0.2) is 107 Å². The number of fused-ring (bicyclic) bond motifs is 3. The van der Waals surface area contributed by atoms with Gasteiger partial charge in [0, 0.05) is 51.0 Å². The molecule has 1 aliphatic heterocycles. The fourth-order valence-electron chi connectivity index (χ4n) is 6.17. The van der Waals surface area contributed by atoms with Crippen molar-refractivity contribution in [3.63, 3.8) is 0 Å². The predicted octanol–water partition coefficient (Wildman–Crippen LogP) is 8.50. The summed E-state index contributed by atoms with van der Waals surface area (Å²) in [5, 5.41) is 12.3. The van der Waals surface area contributed by atoms with Crippen molar-refractivity contribution in [3.8, 4) is 17.2 Å². The Hall–Kier alpha value is -4.53. The Morgan fingerprint density at radius 3 is 2.75 bits per heavy atom. The maximum Gasteiger partial charge on any atom is 0.163 e. The number of allylic oxidation sites excluding steroid dienone is 2. The molecule has 0 fully saturated rings. The highest BCUT2D eigenvalue weighted by Crippen LogP contribution is 2.48. The van der Waals surface area contributed by atoms with Gasteiger partial charge in [-0.05, 0) is 83.4 Å². The first-order chi connectivity index (χ1) is 21.5. The van der Waals surface area contributed by atoms with Crippen molar-refractivity contribution in [2.45, 2.75) is 31.8 Å². The third-order valence-corrected chi connectivity index (χ3v) is 9.00. The number of benzene rings is 4. The van der Waals surface area contributed by atoms with Gasteiger partial charge in [0.1, 0.15) is 29.6 Å². The topological polar surface area (TPSA) is 79.1 Å². The second-order valence-electron chi connectivity index (χ2n) is 11.0. The maximum atomic E-state index is 13.2. The van der Waals surface area contributed by atoms with E-state index < -0.39 is 0 Å². The van der Waals surface area contributed by atoms with E-state index in [1.54, 1.807) is 10.9 Å². The van der Waals surface area contributed by atoms with Crippen LogP contribution in [-0.4, -0.2) is 25.8 Å². The van der Waals surface area contributed by atoms with Crippen LogP contribution in [0.1, 0.15) is 42.0 Å². The average Bonchev–Trinajstić information content (AvgIpc) is 3.51. The number of Topliss-reactive ketones (excluding diaryl/α,β-unsaturated/α-hetero) is 1. The number of nitrogens with zero attached hydrogens (tertiary/aromatic N) is 4. The minimum Gasteiger partial charge on any atom is -0.487 e. The van der Waals surface area contributed by atoms with Gasteiger partial charge in [-0.2, -0.15) is 0 Å². The van der Waals surface area contributed by atoms with Gasteiger partial charge in [-0.25, -0.2) is 4.68 Å². The van der Waals surface area contributed by atoms with Crippen molar-refractivity contribution < 1.29 is 14.3 Å². The van der Waals surface area contributed by atoms with Crippen molar-refractivity contribution in [2.24, 2.45) is 0 Å². The monoisotopic (exact) mass is 662 g/mol. The average molecular weight is 664 g/mol. The zero-order valence-electron chi connectivity index (χ0n) is 23.3. The number of hydrogen-bond acceptors (Lipinski definition) is 6. The number of carbonyl (C=O) groups is 1. The Morgan fingerprint density at radius 2 is 1.86 bits per heavy atom. The number of ketones is 1. The molecule has 0 bridgehead atoms. The molecule has 8 rings (SSSR count). The van der Waals surface area contributed by atoms with Crippen LogP contribution >= 0.6 is 27.5 Å². The number of hydrogen-bond donors (Lipinski definition) is 0. The summed E-state index contributed by atoms with van der Waals surface area (Å²) in [5.74, 6) is 2.30. The zero-order chi connectivity index (χ0) is 29.8. The second-order valence-corrected chi connectivity index (χ2v) is 12.4. The van der Waals surface area contributed by atoms with Gasteiger partial charge in [0.15, 0.2) is 5.78 Å². The molecule has 4 aromatic carbocycles. The lowest BCUT2D eigenvalue weighted by molar-refractivity contribution is -0.116. The first-order valence-corrected chi connectivity index (χ1v) is 15.5. The summed E-state index contributed by atoms with van der Waals surface area (Å²) in [4.78, 5) is 17.6. The van der Waals surface area contributed by atoms with E-state index in [0.29, 0.717) is 22.9 Å². The van der Waals surface area contributed by atoms with E-state index in [1.165, 1.54) is 0 Å². The van der Waals surface area contributed by atoms with Crippen LogP contribution in [0.25, 0.3) is 27.4 Å². The van der Waals surface area contributed by atoms with Crippen LogP contribution in [-0.2, 0) is 11.4 Å². The zero-order valence-corrected chi connectivity index (χ0v) is 25.7. The molecule has 1 unspecified atom stereocenters. The first kappa shape index (κ1) is 27.0. The molecule has 3 heterocycles. The molecule has 2 aromatic heterocycles. The summed E-state index contributed by atoms with van der Waals surface area (Å²) in [6, 6.07) is 25.9. The smallest absolute Gasteiger partial charge is 0.163 e. The quantitative estimate of drug-likeness (QED) is 0.184. The maximum absolute atomic E-state index is 13.2. The number of rotatable bonds is 5. The second kappa shape index (κ2) is 10.9. The Kier molecular flexibility index (Phi) is 6.69. The van der Waals surface area contributed by atoms with Crippen LogP contribution < -0.4 is 9.47 Å².